The Morgan fingerprint density at radius 2 is 1.65 bits per heavy atom. The average molecular weight is 394 g/mol. The maximum absolute atomic E-state index is 12.7. The first kappa shape index (κ1) is 18.6. The molecule has 2 aromatic rings. The van der Waals surface area contributed by atoms with E-state index in [1.165, 1.54) is 39.9 Å². The van der Waals surface area contributed by atoms with E-state index >= 15 is 0 Å². The zero-order valence-electron chi connectivity index (χ0n) is 14.1. The first-order valence-electron chi connectivity index (χ1n) is 7.97. The summed E-state index contributed by atoms with van der Waals surface area (Å²) >= 11 is 1.39. The molecular formula is C17H18N2O5S2. The maximum Gasteiger partial charge on any atom is 0.335 e. The van der Waals surface area contributed by atoms with Crippen LogP contribution in [0.25, 0.3) is 0 Å². The van der Waals surface area contributed by atoms with Gasteiger partial charge in [0.2, 0.25) is 10.0 Å². The second-order valence-electron chi connectivity index (χ2n) is 5.96. The molecule has 0 spiro atoms. The summed E-state index contributed by atoms with van der Waals surface area (Å²) in [4.78, 5) is 25.8. The van der Waals surface area contributed by atoms with E-state index in [-0.39, 0.29) is 29.5 Å². The molecule has 1 aliphatic heterocycles. The van der Waals surface area contributed by atoms with Crippen LogP contribution in [0.2, 0.25) is 0 Å². The topological polar surface area (TPSA) is 95.0 Å². The van der Waals surface area contributed by atoms with Gasteiger partial charge in [0.15, 0.2) is 0 Å². The van der Waals surface area contributed by atoms with Gasteiger partial charge in [-0.3, -0.25) is 4.79 Å². The number of aromatic carboxylic acids is 1. The number of hydrogen-bond acceptors (Lipinski definition) is 5. The number of piperazine rings is 1. The normalized spacial score (nSPS) is 15.8. The highest BCUT2D eigenvalue weighted by atomic mass is 32.2. The van der Waals surface area contributed by atoms with Gasteiger partial charge in [-0.25, -0.2) is 13.2 Å². The van der Waals surface area contributed by atoms with E-state index in [1.54, 1.807) is 4.90 Å². The molecule has 3 rings (SSSR count). The Bertz CT molecular complexity index is 926. The van der Waals surface area contributed by atoms with E-state index in [0.29, 0.717) is 18.0 Å². The number of nitrogens with zero attached hydrogens (tertiary/aromatic N) is 2. The number of aryl methyl sites for hydroxylation is 1. The van der Waals surface area contributed by atoms with Crippen LogP contribution in [0.4, 0.5) is 0 Å². The molecule has 0 saturated carbocycles. The van der Waals surface area contributed by atoms with Gasteiger partial charge in [-0.15, -0.1) is 11.3 Å². The van der Waals surface area contributed by atoms with Crippen molar-refractivity contribution < 1.29 is 23.1 Å². The predicted octanol–water partition coefficient (Wildman–Crippen LogP) is 1.90. The number of thiophene rings is 1. The molecule has 0 radical (unpaired) electrons. The zero-order valence-corrected chi connectivity index (χ0v) is 15.7. The number of hydrogen-bond donors (Lipinski definition) is 1. The summed E-state index contributed by atoms with van der Waals surface area (Å²) in [6.45, 7) is 2.94. The van der Waals surface area contributed by atoms with Crippen LogP contribution in [-0.4, -0.2) is 60.8 Å². The fourth-order valence-electron chi connectivity index (χ4n) is 2.79. The Morgan fingerprint density at radius 3 is 2.15 bits per heavy atom. The molecule has 1 aromatic carbocycles. The Labute approximate surface area is 155 Å². The van der Waals surface area contributed by atoms with Crippen molar-refractivity contribution in [3.63, 3.8) is 0 Å². The molecule has 0 unspecified atom stereocenters. The van der Waals surface area contributed by atoms with Gasteiger partial charge in [-0.05, 0) is 48.2 Å². The lowest BCUT2D eigenvalue weighted by Crippen LogP contribution is -2.50. The van der Waals surface area contributed by atoms with Crippen LogP contribution in [0, 0.1) is 6.92 Å². The van der Waals surface area contributed by atoms with Crippen molar-refractivity contribution in [1.29, 1.82) is 0 Å². The van der Waals surface area contributed by atoms with Gasteiger partial charge in [0.1, 0.15) is 0 Å². The lowest BCUT2D eigenvalue weighted by molar-refractivity contribution is 0.0691. The molecule has 1 amide bonds. The van der Waals surface area contributed by atoms with Crippen molar-refractivity contribution in [1.82, 2.24) is 9.21 Å². The second-order valence-corrected chi connectivity index (χ2v) is 8.81. The summed E-state index contributed by atoms with van der Waals surface area (Å²) in [7, 11) is -3.71. The van der Waals surface area contributed by atoms with Crippen LogP contribution < -0.4 is 0 Å². The summed E-state index contributed by atoms with van der Waals surface area (Å²) < 4.78 is 26.7. The largest absolute Gasteiger partial charge is 0.478 e. The Hall–Kier alpha value is -2.23. The first-order valence-corrected chi connectivity index (χ1v) is 10.3. The predicted molar refractivity (Wildman–Crippen MR) is 97.1 cm³/mol. The summed E-state index contributed by atoms with van der Waals surface area (Å²) in [6, 6.07) is 7.03. The highest BCUT2D eigenvalue weighted by molar-refractivity contribution is 7.89. The average Bonchev–Trinajstić information content (AvgIpc) is 3.07. The third-order valence-corrected chi connectivity index (χ3v) is 7.24. The van der Waals surface area contributed by atoms with Gasteiger partial charge in [-0.1, -0.05) is 0 Å². The Kier molecular flexibility index (Phi) is 5.12. The minimum atomic E-state index is -3.71. The number of benzene rings is 1. The standard InChI is InChI=1S/C17H18N2O5S2/c1-12-6-11-25-15(12)16(20)18-7-9-19(10-8-18)26(23,24)14-4-2-13(3-5-14)17(21)22/h2-6,11H,7-10H2,1H3,(H,21,22). The number of carboxylic acid groups (broad SMARTS) is 1. The fraction of sp³-hybridized carbons (Fsp3) is 0.294. The third kappa shape index (κ3) is 3.50. The van der Waals surface area contributed by atoms with E-state index in [1.807, 2.05) is 18.4 Å². The smallest absolute Gasteiger partial charge is 0.335 e. The van der Waals surface area contributed by atoms with Crippen LogP contribution in [0.1, 0.15) is 25.6 Å². The molecule has 2 heterocycles. The number of sulfonamides is 1. The van der Waals surface area contributed by atoms with Gasteiger partial charge in [-0.2, -0.15) is 4.31 Å². The number of carbonyl (C=O) groups excluding carboxylic acids is 1. The molecular weight excluding hydrogens is 376 g/mol. The molecule has 1 saturated heterocycles. The van der Waals surface area contributed by atoms with E-state index < -0.39 is 16.0 Å². The molecule has 9 heteroatoms. The van der Waals surface area contributed by atoms with Crippen LogP contribution in [0.5, 0.6) is 0 Å². The van der Waals surface area contributed by atoms with E-state index in [0.717, 1.165) is 5.56 Å². The van der Waals surface area contributed by atoms with Crippen molar-refractivity contribution in [3.8, 4) is 0 Å². The Balaban J connectivity index is 1.69. The van der Waals surface area contributed by atoms with Crippen LogP contribution in [0.15, 0.2) is 40.6 Å². The van der Waals surface area contributed by atoms with Crippen molar-refractivity contribution >= 4 is 33.2 Å². The zero-order chi connectivity index (χ0) is 18.9. The van der Waals surface area contributed by atoms with Crippen molar-refractivity contribution in [2.24, 2.45) is 0 Å². The lowest BCUT2D eigenvalue weighted by Gasteiger charge is -2.34. The molecule has 26 heavy (non-hydrogen) atoms. The van der Waals surface area contributed by atoms with E-state index in [9.17, 15) is 18.0 Å². The lowest BCUT2D eigenvalue weighted by atomic mass is 10.2. The van der Waals surface area contributed by atoms with Crippen molar-refractivity contribution in [2.75, 3.05) is 26.2 Å². The second kappa shape index (κ2) is 7.18. The number of carbonyl (C=O) groups is 2. The molecule has 7 nitrogen and oxygen atoms in total. The van der Waals surface area contributed by atoms with Crippen LogP contribution in [-0.2, 0) is 10.0 Å². The minimum Gasteiger partial charge on any atom is -0.478 e. The quantitative estimate of drug-likeness (QED) is 0.855. The van der Waals surface area contributed by atoms with Crippen LogP contribution >= 0.6 is 11.3 Å². The molecule has 138 valence electrons. The Morgan fingerprint density at radius 1 is 1.04 bits per heavy atom. The molecule has 0 bridgehead atoms. The van der Waals surface area contributed by atoms with Gasteiger partial charge >= 0.3 is 5.97 Å². The van der Waals surface area contributed by atoms with Crippen molar-refractivity contribution in [3.05, 3.63) is 51.7 Å². The molecule has 1 N–H and O–H groups in total. The molecule has 0 aliphatic carbocycles. The van der Waals surface area contributed by atoms with E-state index in [4.69, 9.17) is 5.11 Å². The monoisotopic (exact) mass is 394 g/mol. The minimum absolute atomic E-state index is 0.0330. The highest BCUT2D eigenvalue weighted by Gasteiger charge is 2.31. The molecule has 1 aromatic heterocycles. The number of amides is 1. The third-order valence-electron chi connectivity index (χ3n) is 4.32. The van der Waals surface area contributed by atoms with Gasteiger partial charge in [0.05, 0.1) is 15.3 Å². The van der Waals surface area contributed by atoms with Crippen LogP contribution in [0.3, 0.4) is 0 Å². The van der Waals surface area contributed by atoms with Crippen molar-refractivity contribution in [2.45, 2.75) is 11.8 Å². The van der Waals surface area contributed by atoms with Gasteiger partial charge in [0.25, 0.3) is 5.91 Å². The molecule has 1 fully saturated rings. The first-order chi connectivity index (χ1) is 12.3. The maximum atomic E-state index is 12.7. The summed E-state index contributed by atoms with van der Waals surface area (Å²) in [5.41, 5.74) is 0.958. The number of rotatable bonds is 4. The van der Waals surface area contributed by atoms with E-state index in [2.05, 4.69) is 0 Å². The SMILES string of the molecule is Cc1ccsc1C(=O)N1CCN(S(=O)(=O)c2ccc(C(=O)O)cc2)CC1. The highest BCUT2D eigenvalue weighted by Crippen LogP contribution is 2.22. The summed E-state index contributed by atoms with van der Waals surface area (Å²) in [5.74, 6) is -1.18. The fourth-order valence-corrected chi connectivity index (χ4v) is 5.10. The number of carboxylic acids is 1. The molecule has 0 atom stereocenters. The summed E-state index contributed by atoms with van der Waals surface area (Å²) in [6.07, 6.45) is 0. The van der Waals surface area contributed by atoms with Gasteiger partial charge < -0.3 is 10.0 Å². The van der Waals surface area contributed by atoms with Gasteiger partial charge in [0, 0.05) is 26.2 Å². The molecule has 1 aliphatic rings. The summed E-state index contributed by atoms with van der Waals surface area (Å²) in [5, 5.41) is 10.8.